The zero-order chi connectivity index (χ0) is 17.8. The van der Waals surface area contributed by atoms with E-state index in [-0.39, 0.29) is 0 Å². The van der Waals surface area contributed by atoms with Gasteiger partial charge in [-0.05, 0) is 28.5 Å². The fourth-order valence-electron chi connectivity index (χ4n) is 2.61. The molecule has 0 N–H and O–H groups in total. The number of rotatable bonds is 5. The molecule has 0 amide bonds. The van der Waals surface area contributed by atoms with Gasteiger partial charge in [-0.3, -0.25) is 0 Å². The van der Waals surface area contributed by atoms with E-state index in [1.165, 1.54) is 16.3 Å². The van der Waals surface area contributed by atoms with Gasteiger partial charge in [0.15, 0.2) is 0 Å². The highest BCUT2D eigenvalue weighted by molar-refractivity contribution is 7.98. The summed E-state index contributed by atoms with van der Waals surface area (Å²) in [7, 11) is 0. The zero-order valence-electron chi connectivity index (χ0n) is 13.8. The van der Waals surface area contributed by atoms with Gasteiger partial charge >= 0.3 is 0 Å². The average Bonchev–Trinajstić information content (AvgIpc) is 3.13. The molecule has 1 aromatic heterocycles. The van der Waals surface area contributed by atoms with E-state index >= 15 is 0 Å². The summed E-state index contributed by atoms with van der Waals surface area (Å²) in [4.78, 5) is 0. The summed E-state index contributed by atoms with van der Waals surface area (Å²) in [5, 5.41) is 16.5. The van der Waals surface area contributed by atoms with Crippen LogP contribution in [0.2, 0.25) is 5.02 Å². The van der Waals surface area contributed by atoms with Crippen LogP contribution >= 0.6 is 23.4 Å². The molecule has 4 nitrogen and oxygen atoms in total. The van der Waals surface area contributed by atoms with Gasteiger partial charge in [0.1, 0.15) is 6.33 Å². The predicted molar refractivity (Wildman–Crippen MR) is 108 cm³/mol. The predicted octanol–water partition coefficient (Wildman–Crippen LogP) is 5.26. The van der Waals surface area contributed by atoms with Crippen LogP contribution in [-0.4, -0.2) is 21.1 Å². The zero-order valence-corrected chi connectivity index (χ0v) is 15.4. The van der Waals surface area contributed by atoms with Gasteiger partial charge in [0, 0.05) is 16.3 Å². The number of benzene rings is 3. The second-order valence-corrected chi connectivity index (χ2v) is 7.07. The molecular formula is C20H15ClN4S. The molecule has 0 spiro atoms. The third-order valence-electron chi connectivity index (χ3n) is 3.93. The summed E-state index contributed by atoms with van der Waals surface area (Å²) in [6.07, 6.45) is 3.46. The van der Waals surface area contributed by atoms with Crippen molar-refractivity contribution in [2.24, 2.45) is 5.10 Å². The first-order valence-corrected chi connectivity index (χ1v) is 9.45. The Labute approximate surface area is 160 Å². The summed E-state index contributed by atoms with van der Waals surface area (Å²) in [6, 6.07) is 22.2. The van der Waals surface area contributed by atoms with Crippen LogP contribution < -0.4 is 0 Å². The monoisotopic (exact) mass is 378 g/mol. The first-order valence-electron chi connectivity index (χ1n) is 8.09. The van der Waals surface area contributed by atoms with Crippen molar-refractivity contribution in [3.8, 4) is 0 Å². The summed E-state index contributed by atoms with van der Waals surface area (Å²) < 4.78 is 1.70. The smallest absolute Gasteiger partial charge is 0.195 e. The molecule has 0 saturated heterocycles. The molecule has 4 rings (SSSR count). The van der Waals surface area contributed by atoms with Gasteiger partial charge in [0.2, 0.25) is 5.16 Å². The highest BCUT2D eigenvalue weighted by Gasteiger charge is 2.05. The molecule has 1 heterocycles. The van der Waals surface area contributed by atoms with Gasteiger partial charge < -0.3 is 0 Å². The molecular weight excluding hydrogens is 364 g/mol. The van der Waals surface area contributed by atoms with Crippen LogP contribution in [0.4, 0.5) is 0 Å². The molecule has 0 fully saturated rings. The quantitative estimate of drug-likeness (QED) is 0.351. The summed E-state index contributed by atoms with van der Waals surface area (Å²) in [6.45, 7) is 0. The Kier molecular flexibility index (Phi) is 5.00. The summed E-state index contributed by atoms with van der Waals surface area (Å²) >= 11 is 7.51. The van der Waals surface area contributed by atoms with E-state index < -0.39 is 0 Å². The van der Waals surface area contributed by atoms with Crippen LogP contribution in [0, 0.1) is 0 Å². The van der Waals surface area contributed by atoms with Crippen molar-refractivity contribution in [2.45, 2.75) is 10.9 Å². The molecule has 26 heavy (non-hydrogen) atoms. The molecule has 0 atom stereocenters. The van der Waals surface area contributed by atoms with Crippen molar-refractivity contribution in [3.63, 3.8) is 0 Å². The minimum absolute atomic E-state index is 0.738. The first-order chi connectivity index (χ1) is 12.8. The van der Waals surface area contributed by atoms with Gasteiger partial charge in [-0.25, -0.2) is 0 Å². The lowest BCUT2D eigenvalue weighted by Gasteiger charge is -2.03. The van der Waals surface area contributed by atoms with Crippen LogP contribution in [0.5, 0.6) is 0 Å². The van der Waals surface area contributed by atoms with E-state index in [0.717, 1.165) is 21.5 Å². The van der Waals surface area contributed by atoms with Crippen molar-refractivity contribution in [1.82, 2.24) is 14.9 Å². The maximum absolute atomic E-state index is 5.93. The minimum Gasteiger partial charge on any atom is -0.195 e. The molecule has 0 saturated carbocycles. The van der Waals surface area contributed by atoms with Gasteiger partial charge in [0.25, 0.3) is 0 Å². The van der Waals surface area contributed by atoms with E-state index in [1.54, 1.807) is 22.8 Å². The SMILES string of the molecule is Clc1ccc(CSc2nncn2/N=C\c2cccc3ccccc23)cc1. The second kappa shape index (κ2) is 7.72. The van der Waals surface area contributed by atoms with Crippen molar-refractivity contribution in [2.75, 3.05) is 0 Å². The normalized spacial score (nSPS) is 11.4. The number of hydrogen-bond donors (Lipinski definition) is 0. The molecule has 128 valence electrons. The van der Waals surface area contributed by atoms with Crippen molar-refractivity contribution >= 4 is 40.3 Å². The second-order valence-electron chi connectivity index (χ2n) is 5.69. The lowest BCUT2D eigenvalue weighted by Crippen LogP contribution is -1.93. The lowest BCUT2D eigenvalue weighted by atomic mass is 10.1. The molecule has 0 bridgehead atoms. The number of hydrogen-bond acceptors (Lipinski definition) is 4. The average molecular weight is 379 g/mol. The minimum atomic E-state index is 0.738. The molecule has 3 aromatic carbocycles. The van der Waals surface area contributed by atoms with Crippen LogP contribution in [0.1, 0.15) is 11.1 Å². The maximum Gasteiger partial charge on any atom is 0.212 e. The Morgan fingerprint density at radius 1 is 1.00 bits per heavy atom. The summed E-state index contributed by atoms with van der Waals surface area (Å²) in [5.41, 5.74) is 2.23. The van der Waals surface area contributed by atoms with Crippen LogP contribution in [0.25, 0.3) is 10.8 Å². The molecule has 0 aliphatic rings. The van der Waals surface area contributed by atoms with E-state index in [2.05, 4.69) is 39.6 Å². The standard InChI is InChI=1S/C20H15ClN4S/c21-18-10-8-15(9-11-18)13-26-20-24-22-14-25(20)23-12-17-6-3-5-16-4-1-2-7-19(16)17/h1-12,14H,13H2/b23-12-. The Morgan fingerprint density at radius 2 is 1.81 bits per heavy atom. The Hall–Kier alpha value is -2.63. The fourth-order valence-corrected chi connectivity index (χ4v) is 3.56. The van der Waals surface area contributed by atoms with Gasteiger partial charge in [-0.2, -0.15) is 9.78 Å². The molecule has 0 unspecified atom stereocenters. The van der Waals surface area contributed by atoms with Crippen LogP contribution in [0.3, 0.4) is 0 Å². The van der Waals surface area contributed by atoms with Crippen molar-refractivity contribution in [1.29, 1.82) is 0 Å². The number of halogens is 1. The Balaban J connectivity index is 1.53. The van der Waals surface area contributed by atoms with Gasteiger partial charge in [-0.1, -0.05) is 78.0 Å². The molecule has 0 aliphatic heterocycles. The third-order valence-corrected chi connectivity index (χ3v) is 5.18. The van der Waals surface area contributed by atoms with Crippen LogP contribution in [0.15, 0.2) is 83.3 Å². The van der Waals surface area contributed by atoms with E-state index in [4.69, 9.17) is 11.6 Å². The number of nitrogens with zero attached hydrogens (tertiary/aromatic N) is 4. The third kappa shape index (κ3) is 3.79. The molecule has 0 aliphatic carbocycles. The van der Waals surface area contributed by atoms with Crippen molar-refractivity contribution in [3.05, 3.63) is 89.2 Å². The van der Waals surface area contributed by atoms with Crippen LogP contribution in [-0.2, 0) is 5.75 Å². The molecule has 4 aromatic rings. The number of aromatic nitrogens is 3. The highest BCUT2D eigenvalue weighted by atomic mass is 35.5. The van der Waals surface area contributed by atoms with E-state index in [0.29, 0.717) is 0 Å². The van der Waals surface area contributed by atoms with Gasteiger partial charge in [0.05, 0.1) is 6.21 Å². The maximum atomic E-state index is 5.93. The number of thioether (sulfide) groups is 1. The summed E-state index contributed by atoms with van der Waals surface area (Å²) in [5.74, 6) is 0.777. The Morgan fingerprint density at radius 3 is 2.69 bits per heavy atom. The largest absolute Gasteiger partial charge is 0.212 e. The van der Waals surface area contributed by atoms with Crippen molar-refractivity contribution < 1.29 is 0 Å². The highest BCUT2D eigenvalue weighted by Crippen LogP contribution is 2.22. The van der Waals surface area contributed by atoms with Gasteiger partial charge in [-0.15, -0.1) is 10.2 Å². The van der Waals surface area contributed by atoms with E-state index in [9.17, 15) is 0 Å². The number of fused-ring (bicyclic) bond motifs is 1. The molecule has 6 heteroatoms. The topological polar surface area (TPSA) is 43.1 Å². The van der Waals surface area contributed by atoms with E-state index in [1.807, 2.05) is 48.7 Å². The molecule has 0 radical (unpaired) electrons. The first kappa shape index (κ1) is 16.8. The fraction of sp³-hybridized carbons (Fsp3) is 0.0500. The Bertz CT molecular complexity index is 1050. The lowest BCUT2D eigenvalue weighted by molar-refractivity contribution is 0.767.